The molecule has 0 saturated carbocycles. The summed E-state index contributed by atoms with van der Waals surface area (Å²) in [5, 5.41) is 12.7. The molecule has 2 N–H and O–H groups in total. The van der Waals surface area contributed by atoms with E-state index in [2.05, 4.69) is 12.2 Å². The summed E-state index contributed by atoms with van der Waals surface area (Å²) in [7, 11) is -1.28. The number of alkyl halides is 2. The van der Waals surface area contributed by atoms with Crippen LogP contribution in [0.4, 0.5) is 8.78 Å². The van der Waals surface area contributed by atoms with Gasteiger partial charge in [0.15, 0.2) is 0 Å². The molecule has 0 spiro atoms. The summed E-state index contributed by atoms with van der Waals surface area (Å²) < 4.78 is 36.7. The lowest BCUT2D eigenvalue weighted by Gasteiger charge is -2.28. The third kappa shape index (κ3) is 7.59. The average molecular weight is 425 g/mol. The van der Waals surface area contributed by atoms with Gasteiger partial charge in [0.1, 0.15) is 11.3 Å². The molecule has 0 aliphatic carbocycles. The molecule has 1 aromatic rings. The van der Waals surface area contributed by atoms with Crippen molar-refractivity contribution in [1.82, 2.24) is 5.32 Å². The number of fused-ring (bicyclic) bond motifs is 1. The molecule has 1 aliphatic rings. The Hall–Kier alpha value is -2.16. The number of carbonyl (C=O) groups excluding carboxylic acids is 2. The Kier molecular flexibility index (Phi) is 9.08. The number of para-hydroxylation sites is 1. The van der Waals surface area contributed by atoms with Gasteiger partial charge in [0, 0.05) is 12.4 Å². The number of rotatable bonds is 11. The van der Waals surface area contributed by atoms with Crippen LogP contribution >= 0.6 is 0 Å². The molecular weight excluding hydrogens is 395 g/mol. The van der Waals surface area contributed by atoms with Crippen molar-refractivity contribution in [3.05, 3.63) is 29.3 Å². The SMILES string of the molecule is CCCCCCCOC(=O)c1cccc2c1OB(O)[C@@H](CNC(=O)CC(C)(F)F)C2. The van der Waals surface area contributed by atoms with Gasteiger partial charge in [0.25, 0.3) is 5.92 Å². The molecule has 2 rings (SSSR count). The summed E-state index contributed by atoms with van der Waals surface area (Å²) in [6.45, 7) is 3.12. The minimum atomic E-state index is -3.09. The molecule has 9 heteroatoms. The van der Waals surface area contributed by atoms with Crippen LogP contribution in [-0.2, 0) is 16.0 Å². The lowest BCUT2D eigenvalue weighted by Crippen LogP contribution is -2.42. The Morgan fingerprint density at radius 2 is 2.03 bits per heavy atom. The van der Waals surface area contributed by atoms with Crippen molar-refractivity contribution in [2.75, 3.05) is 13.2 Å². The second kappa shape index (κ2) is 11.3. The van der Waals surface area contributed by atoms with Crippen molar-refractivity contribution >= 4 is 19.0 Å². The van der Waals surface area contributed by atoms with Gasteiger partial charge >= 0.3 is 13.1 Å². The van der Waals surface area contributed by atoms with E-state index in [-0.39, 0.29) is 17.9 Å². The van der Waals surface area contributed by atoms with E-state index >= 15 is 0 Å². The molecule has 0 fully saturated rings. The predicted molar refractivity (Wildman–Crippen MR) is 110 cm³/mol. The van der Waals surface area contributed by atoms with E-state index in [0.717, 1.165) is 32.1 Å². The van der Waals surface area contributed by atoms with E-state index < -0.39 is 37.2 Å². The number of ether oxygens (including phenoxy) is 1. The van der Waals surface area contributed by atoms with E-state index in [1.807, 2.05) is 0 Å². The second-order valence-corrected chi connectivity index (χ2v) is 7.87. The summed E-state index contributed by atoms with van der Waals surface area (Å²) in [5.74, 6) is -4.65. The molecule has 1 aromatic carbocycles. The third-order valence-electron chi connectivity index (χ3n) is 4.95. The first-order chi connectivity index (χ1) is 14.2. The van der Waals surface area contributed by atoms with Gasteiger partial charge in [-0.3, -0.25) is 4.79 Å². The van der Waals surface area contributed by atoms with Gasteiger partial charge in [-0.05, 0) is 31.4 Å². The average Bonchev–Trinajstić information content (AvgIpc) is 2.67. The zero-order valence-electron chi connectivity index (χ0n) is 17.6. The number of esters is 1. The standard InChI is InChI=1S/C21H30BF2NO5/c1-3-4-5-6-7-11-29-20(27)17-10-8-9-15-12-16(22(28)30-19(15)17)14-25-18(26)13-21(2,23)24/h8-10,16,28H,3-7,11-14H2,1-2H3,(H,25,26)/t16-/m1/s1. The molecule has 6 nitrogen and oxygen atoms in total. The normalized spacial score (nSPS) is 15.9. The fourth-order valence-corrected chi connectivity index (χ4v) is 3.36. The van der Waals surface area contributed by atoms with E-state index in [0.29, 0.717) is 25.5 Å². The molecule has 1 heterocycles. The lowest BCUT2D eigenvalue weighted by atomic mass is 9.66. The van der Waals surface area contributed by atoms with Crippen molar-refractivity contribution < 1.29 is 32.8 Å². The highest BCUT2D eigenvalue weighted by atomic mass is 19.3. The fraction of sp³-hybridized carbons (Fsp3) is 0.619. The first-order valence-corrected chi connectivity index (χ1v) is 10.5. The zero-order chi connectivity index (χ0) is 22.1. The number of benzene rings is 1. The van der Waals surface area contributed by atoms with E-state index in [1.54, 1.807) is 18.2 Å². The van der Waals surface area contributed by atoms with E-state index in [4.69, 9.17) is 9.39 Å². The van der Waals surface area contributed by atoms with E-state index in [9.17, 15) is 23.4 Å². The molecule has 0 aromatic heterocycles. The summed E-state index contributed by atoms with van der Waals surface area (Å²) in [6, 6.07) is 5.04. The summed E-state index contributed by atoms with van der Waals surface area (Å²) in [6.07, 6.45) is 4.63. The van der Waals surface area contributed by atoms with Gasteiger partial charge in [-0.15, -0.1) is 0 Å². The summed E-state index contributed by atoms with van der Waals surface area (Å²) >= 11 is 0. The largest absolute Gasteiger partial charge is 0.535 e. The van der Waals surface area contributed by atoms with Gasteiger partial charge in [-0.25, -0.2) is 13.6 Å². The van der Waals surface area contributed by atoms with Gasteiger partial charge in [-0.2, -0.15) is 0 Å². The van der Waals surface area contributed by atoms with Crippen LogP contribution in [0.2, 0.25) is 5.82 Å². The Morgan fingerprint density at radius 3 is 2.73 bits per heavy atom. The molecule has 0 bridgehead atoms. The predicted octanol–water partition coefficient (Wildman–Crippen LogP) is 3.76. The Balaban J connectivity index is 1.92. The van der Waals surface area contributed by atoms with Crippen LogP contribution in [0.15, 0.2) is 18.2 Å². The fourth-order valence-electron chi connectivity index (χ4n) is 3.36. The number of amides is 1. The number of hydrogen-bond acceptors (Lipinski definition) is 5. The maximum atomic E-state index is 12.9. The van der Waals surface area contributed by atoms with Crippen LogP contribution in [0.1, 0.15) is 68.3 Å². The van der Waals surface area contributed by atoms with Crippen LogP contribution in [0.25, 0.3) is 0 Å². The molecule has 0 unspecified atom stereocenters. The number of hydrogen-bond donors (Lipinski definition) is 2. The quantitative estimate of drug-likeness (QED) is 0.321. The van der Waals surface area contributed by atoms with Crippen molar-refractivity contribution in [3.63, 3.8) is 0 Å². The Bertz CT molecular complexity index is 726. The van der Waals surface area contributed by atoms with Crippen LogP contribution in [0.3, 0.4) is 0 Å². The number of carbonyl (C=O) groups is 2. The molecule has 1 aliphatic heterocycles. The first kappa shape index (κ1) is 24.1. The third-order valence-corrected chi connectivity index (χ3v) is 4.95. The molecule has 30 heavy (non-hydrogen) atoms. The molecule has 0 saturated heterocycles. The number of unbranched alkanes of at least 4 members (excludes halogenated alkanes) is 4. The molecule has 0 radical (unpaired) electrons. The Morgan fingerprint density at radius 1 is 1.30 bits per heavy atom. The van der Waals surface area contributed by atoms with Crippen molar-refractivity contribution in [2.45, 2.75) is 70.5 Å². The highest BCUT2D eigenvalue weighted by Gasteiger charge is 2.37. The minimum absolute atomic E-state index is 0.0120. The van der Waals surface area contributed by atoms with Crippen LogP contribution < -0.4 is 9.97 Å². The molecular formula is C21H30BF2NO5. The van der Waals surface area contributed by atoms with Gasteiger partial charge in [0.05, 0.1) is 13.0 Å². The molecule has 1 atom stereocenters. The van der Waals surface area contributed by atoms with Crippen molar-refractivity contribution in [3.8, 4) is 5.75 Å². The number of nitrogens with one attached hydrogen (secondary N) is 1. The van der Waals surface area contributed by atoms with Crippen LogP contribution in [0, 0.1) is 0 Å². The van der Waals surface area contributed by atoms with Gasteiger partial charge in [0.2, 0.25) is 5.91 Å². The van der Waals surface area contributed by atoms with Crippen molar-refractivity contribution in [1.29, 1.82) is 0 Å². The van der Waals surface area contributed by atoms with Crippen LogP contribution in [-0.4, -0.2) is 43.1 Å². The van der Waals surface area contributed by atoms with E-state index in [1.165, 1.54) is 0 Å². The molecule has 166 valence electrons. The minimum Gasteiger partial charge on any atom is -0.535 e. The lowest BCUT2D eigenvalue weighted by molar-refractivity contribution is -0.127. The van der Waals surface area contributed by atoms with Gasteiger partial charge in [-0.1, -0.05) is 44.7 Å². The smallest absolute Gasteiger partial charge is 0.528 e. The monoisotopic (exact) mass is 425 g/mol. The summed E-state index contributed by atoms with van der Waals surface area (Å²) in [5.41, 5.74) is 0.936. The highest BCUT2D eigenvalue weighted by Crippen LogP contribution is 2.34. The Labute approximate surface area is 176 Å². The second-order valence-electron chi connectivity index (χ2n) is 7.87. The zero-order valence-corrected chi connectivity index (χ0v) is 17.6. The van der Waals surface area contributed by atoms with Crippen LogP contribution in [0.5, 0.6) is 5.75 Å². The molecule has 1 amide bonds. The summed E-state index contributed by atoms with van der Waals surface area (Å²) in [4.78, 5) is 24.0. The highest BCUT2D eigenvalue weighted by molar-refractivity contribution is 6.46. The first-order valence-electron chi connectivity index (χ1n) is 10.5. The maximum Gasteiger partial charge on any atom is 0.528 e. The number of halogens is 2. The van der Waals surface area contributed by atoms with Crippen molar-refractivity contribution in [2.24, 2.45) is 0 Å². The maximum absolute atomic E-state index is 12.9. The topological polar surface area (TPSA) is 84.9 Å². The van der Waals surface area contributed by atoms with Gasteiger partial charge < -0.3 is 19.7 Å².